The van der Waals surface area contributed by atoms with Gasteiger partial charge in [-0.1, -0.05) is 36.4 Å². The Kier molecular flexibility index (Phi) is 4.86. The zero-order valence-electron chi connectivity index (χ0n) is 16.4. The Morgan fingerprint density at radius 3 is 2.26 bits per heavy atom. The number of rotatable bonds is 5. The average molecular weight is 407 g/mol. The van der Waals surface area contributed by atoms with Crippen LogP contribution in [-0.4, -0.2) is 21.6 Å². The predicted molar refractivity (Wildman–Crippen MR) is 117 cm³/mol. The van der Waals surface area contributed by atoms with Crippen LogP contribution in [0.15, 0.2) is 108 Å². The lowest BCUT2D eigenvalue weighted by Gasteiger charge is -2.06. The maximum atomic E-state index is 12.3. The number of esters is 1. The van der Waals surface area contributed by atoms with E-state index in [9.17, 15) is 4.79 Å². The minimum Gasteiger partial charge on any atom is -0.457 e. The van der Waals surface area contributed by atoms with Crippen molar-refractivity contribution >= 4 is 17.9 Å². The summed E-state index contributed by atoms with van der Waals surface area (Å²) in [6, 6.07) is 26.5. The van der Waals surface area contributed by atoms with Crippen LogP contribution < -0.4 is 4.74 Å². The van der Waals surface area contributed by atoms with Gasteiger partial charge in [-0.25, -0.2) is 14.5 Å². The van der Waals surface area contributed by atoms with Gasteiger partial charge in [-0.05, 0) is 54.6 Å². The molecule has 1 aliphatic heterocycles. The Hall–Kier alpha value is -4.45. The number of para-hydroxylation sites is 2. The molecular weight excluding hydrogens is 390 g/mol. The summed E-state index contributed by atoms with van der Waals surface area (Å²) in [5.41, 5.74) is 2.61. The number of nitrogens with zero attached hydrogens (tertiary/aromatic N) is 3. The number of cyclic esters (lactones) is 1. The number of hydrogen-bond donors (Lipinski definition) is 0. The molecule has 6 heteroatoms. The standard InChI is InChI=1S/C25H17N3O3/c29-25-23(15-18-16-26-28(17-18)20-7-3-1-4-8-20)27-24(31-25)19-11-13-22(14-12-19)30-21-9-5-2-6-10-21/h1-17H/b23-15+. The van der Waals surface area contributed by atoms with E-state index >= 15 is 0 Å². The van der Waals surface area contributed by atoms with Crippen molar-refractivity contribution in [1.29, 1.82) is 0 Å². The third kappa shape index (κ3) is 4.13. The third-order valence-corrected chi connectivity index (χ3v) is 4.63. The number of benzene rings is 3. The van der Waals surface area contributed by atoms with E-state index in [2.05, 4.69) is 10.1 Å². The van der Waals surface area contributed by atoms with Crippen LogP contribution in [0.25, 0.3) is 11.8 Å². The molecule has 0 atom stereocenters. The molecule has 1 aliphatic rings. The molecule has 4 aromatic rings. The second kappa shape index (κ2) is 8.12. The molecule has 0 spiro atoms. The van der Waals surface area contributed by atoms with Crippen LogP contribution >= 0.6 is 0 Å². The summed E-state index contributed by atoms with van der Waals surface area (Å²) in [6.07, 6.45) is 5.17. The highest BCUT2D eigenvalue weighted by molar-refractivity contribution is 6.12. The van der Waals surface area contributed by atoms with Crippen LogP contribution in [0, 0.1) is 0 Å². The first-order valence-electron chi connectivity index (χ1n) is 9.71. The zero-order valence-corrected chi connectivity index (χ0v) is 16.4. The number of hydrogen-bond acceptors (Lipinski definition) is 5. The normalized spacial score (nSPS) is 14.4. The maximum absolute atomic E-state index is 12.3. The monoisotopic (exact) mass is 407 g/mol. The number of ether oxygens (including phenoxy) is 2. The van der Waals surface area contributed by atoms with Crippen molar-refractivity contribution in [2.75, 3.05) is 0 Å². The zero-order chi connectivity index (χ0) is 21.0. The highest BCUT2D eigenvalue weighted by Crippen LogP contribution is 2.24. The molecule has 0 aliphatic carbocycles. The highest BCUT2D eigenvalue weighted by atomic mass is 16.6. The summed E-state index contributed by atoms with van der Waals surface area (Å²) in [7, 11) is 0. The van der Waals surface area contributed by atoms with Gasteiger partial charge in [0.2, 0.25) is 5.90 Å². The summed E-state index contributed by atoms with van der Waals surface area (Å²) in [6.45, 7) is 0. The SMILES string of the molecule is O=C1OC(c2ccc(Oc3ccccc3)cc2)=N/C1=C/c1cnn(-c2ccccc2)c1. The van der Waals surface area contributed by atoms with E-state index in [4.69, 9.17) is 9.47 Å². The van der Waals surface area contributed by atoms with Crippen LogP contribution in [0.1, 0.15) is 11.1 Å². The number of aliphatic imine (C=N–C) groups is 1. The number of carbonyl (C=O) groups excluding carboxylic acids is 1. The van der Waals surface area contributed by atoms with Gasteiger partial charge in [-0.15, -0.1) is 0 Å². The Balaban J connectivity index is 1.34. The first kappa shape index (κ1) is 18.6. The molecule has 0 unspecified atom stereocenters. The first-order chi connectivity index (χ1) is 15.2. The Labute approximate surface area is 178 Å². The van der Waals surface area contributed by atoms with Gasteiger partial charge in [0, 0.05) is 17.3 Å². The molecule has 5 rings (SSSR count). The summed E-state index contributed by atoms with van der Waals surface area (Å²) >= 11 is 0. The van der Waals surface area contributed by atoms with Gasteiger partial charge in [0.15, 0.2) is 5.70 Å². The van der Waals surface area contributed by atoms with E-state index in [0.717, 1.165) is 17.0 Å². The smallest absolute Gasteiger partial charge is 0.363 e. The van der Waals surface area contributed by atoms with Gasteiger partial charge >= 0.3 is 5.97 Å². The van der Waals surface area contributed by atoms with Crippen LogP contribution in [0.3, 0.4) is 0 Å². The second-order valence-corrected chi connectivity index (χ2v) is 6.83. The molecule has 150 valence electrons. The van der Waals surface area contributed by atoms with E-state index in [1.165, 1.54) is 0 Å². The fourth-order valence-electron chi connectivity index (χ4n) is 3.11. The topological polar surface area (TPSA) is 65.7 Å². The van der Waals surface area contributed by atoms with Crippen LogP contribution in [-0.2, 0) is 9.53 Å². The minimum atomic E-state index is -0.493. The third-order valence-electron chi connectivity index (χ3n) is 4.63. The van der Waals surface area contributed by atoms with Crippen molar-refractivity contribution in [2.45, 2.75) is 0 Å². The van der Waals surface area contributed by atoms with Crippen molar-refractivity contribution < 1.29 is 14.3 Å². The first-order valence-corrected chi connectivity index (χ1v) is 9.71. The molecule has 31 heavy (non-hydrogen) atoms. The molecule has 0 fully saturated rings. The van der Waals surface area contributed by atoms with E-state index in [1.807, 2.05) is 79.0 Å². The van der Waals surface area contributed by atoms with Crippen molar-refractivity contribution in [3.05, 3.63) is 114 Å². The molecule has 0 radical (unpaired) electrons. The summed E-state index contributed by atoms with van der Waals surface area (Å²) in [5.74, 6) is 1.20. The quantitative estimate of drug-likeness (QED) is 0.345. The van der Waals surface area contributed by atoms with Crippen molar-refractivity contribution in [1.82, 2.24) is 9.78 Å². The lowest BCUT2D eigenvalue weighted by Crippen LogP contribution is -2.05. The number of aromatic nitrogens is 2. The molecule has 1 aromatic heterocycles. The number of carbonyl (C=O) groups is 1. The largest absolute Gasteiger partial charge is 0.457 e. The Morgan fingerprint density at radius 2 is 1.52 bits per heavy atom. The minimum absolute atomic E-state index is 0.229. The van der Waals surface area contributed by atoms with Gasteiger partial charge in [0.25, 0.3) is 0 Å². The summed E-state index contributed by atoms with van der Waals surface area (Å²) in [4.78, 5) is 16.6. The molecule has 0 saturated heterocycles. The fraction of sp³-hybridized carbons (Fsp3) is 0. The van der Waals surface area contributed by atoms with Crippen molar-refractivity contribution in [3.63, 3.8) is 0 Å². The Morgan fingerprint density at radius 1 is 0.839 bits per heavy atom. The highest BCUT2D eigenvalue weighted by Gasteiger charge is 2.24. The molecule has 2 heterocycles. The maximum Gasteiger partial charge on any atom is 0.363 e. The van der Waals surface area contributed by atoms with Gasteiger partial charge in [-0.3, -0.25) is 0 Å². The van der Waals surface area contributed by atoms with Crippen LogP contribution in [0.4, 0.5) is 0 Å². The molecule has 0 saturated carbocycles. The lowest BCUT2D eigenvalue weighted by atomic mass is 10.2. The van der Waals surface area contributed by atoms with Gasteiger partial charge in [0.1, 0.15) is 11.5 Å². The fourth-order valence-corrected chi connectivity index (χ4v) is 3.11. The predicted octanol–water partition coefficient (Wildman–Crippen LogP) is 5.01. The molecule has 0 amide bonds. The van der Waals surface area contributed by atoms with Crippen LogP contribution in [0.2, 0.25) is 0 Å². The van der Waals surface area contributed by atoms with E-state index in [1.54, 1.807) is 29.1 Å². The van der Waals surface area contributed by atoms with Gasteiger partial charge in [-0.2, -0.15) is 5.10 Å². The van der Waals surface area contributed by atoms with Crippen LogP contribution in [0.5, 0.6) is 11.5 Å². The van der Waals surface area contributed by atoms with E-state index in [0.29, 0.717) is 11.3 Å². The summed E-state index contributed by atoms with van der Waals surface area (Å²) < 4.78 is 12.9. The second-order valence-electron chi connectivity index (χ2n) is 6.83. The van der Waals surface area contributed by atoms with Crippen molar-refractivity contribution in [2.24, 2.45) is 4.99 Å². The summed E-state index contributed by atoms with van der Waals surface area (Å²) in [5, 5.41) is 4.33. The van der Waals surface area contributed by atoms with Crippen molar-refractivity contribution in [3.8, 4) is 17.2 Å². The van der Waals surface area contributed by atoms with E-state index in [-0.39, 0.29) is 11.6 Å². The molecule has 3 aromatic carbocycles. The molecule has 0 N–H and O–H groups in total. The molecule has 6 nitrogen and oxygen atoms in total. The van der Waals surface area contributed by atoms with Gasteiger partial charge in [0.05, 0.1) is 11.9 Å². The van der Waals surface area contributed by atoms with E-state index < -0.39 is 5.97 Å². The average Bonchev–Trinajstić information content (AvgIpc) is 3.43. The Bertz CT molecular complexity index is 1270. The van der Waals surface area contributed by atoms with Gasteiger partial charge < -0.3 is 9.47 Å². The molecule has 0 bridgehead atoms. The molecular formula is C25H17N3O3. The lowest BCUT2D eigenvalue weighted by molar-refractivity contribution is -0.129.